The molecule has 0 fully saturated rings. The van der Waals surface area contributed by atoms with Gasteiger partial charge >= 0.3 is 41.9 Å². The summed E-state index contributed by atoms with van der Waals surface area (Å²) in [5.41, 5.74) is 0. The zero-order valence-electron chi connectivity index (χ0n) is 9.92. The molecule has 0 aliphatic heterocycles. The molecule has 0 atom stereocenters. The van der Waals surface area contributed by atoms with Gasteiger partial charge in [0.2, 0.25) is 0 Å². The Morgan fingerprint density at radius 1 is 0.923 bits per heavy atom. The van der Waals surface area contributed by atoms with Gasteiger partial charge < -0.3 is 47.8 Å². The molecule has 0 heterocycles. The molecule has 0 bridgehead atoms. The molecule has 0 amide bonds. The summed E-state index contributed by atoms with van der Waals surface area (Å²) in [5, 5.41) is 13.6. The smallest absolute Gasteiger partial charge is 1.00 e. The summed E-state index contributed by atoms with van der Waals surface area (Å²) in [6.07, 6.45) is 0. The minimum atomic E-state index is -1.50. The Morgan fingerprint density at radius 3 is 0.923 bits per heavy atom. The van der Waals surface area contributed by atoms with E-state index in [1.807, 2.05) is 0 Å². The standard InChI is InChI=1S/Li.Mg.HNO3.7H2O.3H/c;;2-1(3)4;;;;;;;;;;/h;;(H,2,3,4);7*1H2;;;/q+1;+2;;;;;;;;;3*-1. The molecule has 0 aromatic heterocycles. The first kappa shape index (κ1) is 186. The normalized spacial score (nSPS) is 1.85. The molecule has 0 spiro atoms. The molecule has 0 aromatic rings. The van der Waals surface area contributed by atoms with Crippen molar-refractivity contribution in [2.45, 2.75) is 0 Å². The molecule has 0 saturated carbocycles. The van der Waals surface area contributed by atoms with Crippen molar-refractivity contribution in [2.75, 3.05) is 0 Å². The Kier molecular flexibility index (Phi) is 2070. The van der Waals surface area contributed by atoms with Gasteiger partial charge in [-0.15, -0.1) is 10.1 Å². The second-order valence-corrected chi connectivity index (χ2v) is 0.238. The van der Waals surface area contributed by atoms with Gasteiger partial charge in [-0.3, -0.25) is 0 Å². The first-order chi connectivity index (χ1) is 1.73. The Labute approximate surface area is 105 Å². The summed E-state index contributed by atoms with van der Waals surface area (Å²) in [6.45, 7) is 0. The third-order valence-corrected chi connectivity index (χ3v) is 0. The Bertz CT molecular complexity index is 49.0. The summed E-state index contributed by atoms with van der Waals surface area (Å²) in [6, 6.07) is 0. The van der Waals surface area contributed by atoms with Crippen LogP contribution in [0.25, 0.3) is 0 Å². The van der Waals surface area contributed by atoms with Crippen LogP contribution in [0.1, 0.15) is 4.28 Å². The third-order valence-electron chi connectivity index (χ3n) is 0. The average molecular weight is 223 g/mol. The van der Waals surface area contributed by atoms with Crippen LogP contribution in [0.2, 0.25) is 0 Å². The largest absolute Gasteiger partial charge is 2.00 e. The molecule has 0 rings (SSSR count). The number of hydrogen-bond donors (Lipinski definition) is 1. The van der Waals surface area contributed by atoms with Gasteiger partial charge in [0.25, 0.3) is 5.09 Å². The first-order valence-electron chi connectivity index (χ1n) is 0.565. The molecule has 0 unspecified atom stereocenters. The van der Waals surface area contributed by atoms with Crippen molar-refractivity contribution < 1.29 is 71.8 Å². The third kappa shape index (κ3) is 16100. The number of hydrogen-bond acceptors (Lipinski definition) is 2. The van der Waals surface area contributed by atoms with Crippen LogP contribution in [0.3, 0.4) is 0 Å². The van der Waals surface area contributed by atoms with Crippen molar-refractivity contribution in [1.29, 1.82) is 0 Å². The van der Waals surface area contributed by atoms with Crippen LogP contribution in [-0.2, 0) is 0 Å². The Hall–Kier alpha value is 0.284. The maximum atomic E-state index is 8.36. The quantitative estimate of drug-likeness (QED) is 0.237. The number of nitrogens with zero attached hydrogens (tertiary/aromatic N) is 1. The minimum Gasteiger partial charge on any atom is -1.00 e. The van der Waals surface area contributed by atoms with Gasteiger partial charge in [0, 0.05) is 0 Å². The van der Waals surface area contributed by atoms with Crippen LogP contribution in [0.15, 0.2) is 0 Å². The summed E-state index contributed by atoms with van der Waals surface area (Å²) in [5.74, 6) is 0. The average Bonchev–Trinajstić information content (AvgIpc) is 0.811. The van der Waals surface area contributed by atoms with E-state index in [1.165, 1.54) is 0 Å². The van der Waals surface area contributed by atoms with E-state index in [4.69, 9.17) is 15.3 Å². The van der Waals surface area contributed by atoms with Gasteiger partial charge in [0.05, 0.1) is 0 Å². The van der Waals surface area contributed by atoms with Crippen molar-refractivity contribution >= 4 is 23.1 Å². The van der Waals surface area contributed by atoms with Crippen LogP contribution in [-0.4, -0.2) is 71.7 Å². The summed E-state index contributed by atoms with van der Waals surface area (Å²) in [4.78, 5) is 8.36. The van der Waals surface area contributed by atoms with E-state index in [1.54, 1.807) is 0 Å². The van der Waals surface area contributed by atoms with E-state index >= 15 is 0 Å². The van der Waals surface area contributed by atoms with Crippen molar-refractivity contribution in [2.24, 2.45) is 0 Å². The molecule has 86 valence electrons. The van der Waals surface area contributed by atoms with Crippen LogP contribution >= 0.6 is 0 Å². The van der Waals surface area contributed by atoms with Gasteiger partial charge in [0.1, 0.15) is 0 Å². The van der Waals surface area contributed by atoms with Crippen molar-refractivity contribution in [1.82, 2.24) is 0 Å². The van der Waals surface area contributed by atoms with Gasteiger partial charge in [0.15, 0.2) is 0 Å². The zero-order valence-corrected chi connectivity index (χ0v) is 8.33. The molecule has 11 nitrogen and oxygen atoms in total. The van der Waals surface area contributed by atoms with Crippen LogP contribution in [0, 0.1) is 10.1 Å². The first-order valence-corrected chi connectivity index (χ1v) is 0.565. The van der Waals surface area contributed by atoms with Crippen LogP contribution in [0.4, 0.5) is 0 Å². The molecule has 13 heteroatoms. The van der Waals surface area contributed by atoms with E-state index in [9.17, 15) is 0 Å². The molecular formula is H18LiMgNO10. The van der Waals surface area contributed by atoms with E-state index in [0.29, 0.717) is 0 Å². The molecule has 0 aliphatic rings. The Balaban J connectivity index is -0.000000000682. The predicted octanol–water partition coefficient (Wildman–Crippen LogP) is -9.16. The molecule has 13 heavy (non-hydrogen) atoms. The van der Waals surface area contributed by atoms with Crippen molar-refractivity contribution in [3.63, 3.8) is 0 Å². The topological polar surface area (TPSA) is 284 Å². The van der Waals surface area contributed by atoms with Crippen molar-refractivity contribution in [3.05, 3.63) is 10.1 Å². The zero-order chi connectivity index (χ0) is 3.58. The predicted molar refractivity (Wildman–Crippen MR) is 43.2 cm³/mol. The van der Waals surface area contributed by atoms with Crippen LogP contribution in [0.5, 0.6) is 0 Å². The molecule has 0 radical (unpaired) electrons. The van der Waals surface area contributed by atoms with Gasteiger partial charge in [-0.05, 0) is 0 Å². The monoisotopic (exact) mass is 223 g/mol. The van der Waals surface area contributed by atoms with Crippen LogP contribution < -0.4 is 18.9 Å². The van der Waals surface area contributed by atoms with E-state index in [-0.39, 0.29) is 84.5 Å². The van der Waals surface area contributed by atoms with Crippen molar-refractivity contribution in [3.8, 4) is 0 Å². The van der Waals surface area contributed by atoms with E-state index in [0.717, 1.165) is 0 Å². The fourth-order valence-corrected chi connectivity index (χ4v) is 0. The maximum absolute atomic E-state index is 8.36. The Morgan fingerprint density at radius 2 is 0.923 bits per heavy atom. The second-order valence-electron chi connectivity index (χ2n) is 0.238. The maximum Gasteiger partial charge on any atom is 2.00 e. The molecule has 0 aromatic carbocycles. The van der Waals surface area contributed by atoms with E-state index < -0.39 is 5.09 Å². The second kappa shape index (κ2) is 145. The SMILES string of the molecule is O.O.O.O.O.O.O.O=[N+]([O-])O.[H-].[H-].[H-].[Li+].[Mg+2]. The molecule has 0 saturated heterocycles. The summed E-state index contributed by atoms with van der Waals surface area (Å²) < 4.78 is 0. The van der Waals surface area contributed by atoms with Gasteiger partial charge in [-0.1, -0.05) is 0 Å². The molecular weight excluding hydrogens is 205 g/mol. The summed E-state index contributed by atoms with van der Waals surface area (Å²) >= 11 is 0. The molecule has 0 aliphatic carbocycles. The fourth-order valence-electron chi connectivity index (χ4n) is 0. The van der Waals surface area contributed by atoms with E-state index in [2.05, 4.69) is 0 Å². The van der Waals surface area contributed by atoms with Gasteiger partial charge in [-0.2, -0.15) is 0 Å². The minimum absolute atomic E-state index is 0. The van der Waals surface area contributed by atoms with Gasteiger partial charge in [-0.25, -0.2) is 0 Å². The molecule has 15 N–H and O–H groups in total. The summed E-state index contributed by atoms with van der Waals surface area (Å²) in [7, 11) is 0. The number of rotatable bonds is 0. The fraction of sp³-hybridized carbons (Fsp3) is 0.